The molecule has 168 valence electrons. The Morgan fingerprint density at radius 3 is 2.25 bits per heavy atom. The van der Waals surface area contributed by atoms with Crippen molar-refractivity contribution >= 4 is 11.7 Å². The van der Waals surface area contributed by atoms with Gasteiger partial charge in [-0.1, -0.05) is 18.2 Å². The van der Waals surface area contributed by atoms with Crippen LogP contribution in [0.3, 0.4) is 0 Å². The second-order valence-corrected chi connectivity index (χ2v) is 7.83. The highest BCUT2D eigenvalue weighted by atomic mass is 19.4. The molecule has 32 heavy (non-hydrogen) atoms. The molecule has 0 bridgehead atoms. The zero-order chi connectivity index (χ0) is 22.9. The van der Waals surface area contributed by atoms with Crippen LogP contribution in [0.2, 0.25) is 0 Å². The summed E-state index contributed by atoms with van der Waals surface area (Å²) in [5.74, 6) is 1.16. The Balaban J connectivity index is 1.35. The lowest BCUT2D eigenvalue weighted by molar-refractivity contribution is -0.138. The number of alkyl halides is 3. The molecule has 1 aliphatic rings. The summed E-state index contributed by atoms with van der Waals surface area (Å²) in [5, 5.41) is 13.0. The number of carbonyl (C=O) groups excluding carboxylic acids is 1. The van der Waals surface area contributed by atoms with E-state index in [9.17, 15) is 18.0 Å². The van der Waals surface area contributed by atoms with Crippen molar-refractivity contribution in [1.29, 1.82) is 0 Å². The fourth-order valence-corrected chi connectivity index (χ4v) is 3.79. The first kappa shape index (κ1) is 21.8. The molecule has 4 rings (SSSR count). The van der Waals surface area contributed by atoms with Crippen molar-refractivity contribution in [2.24, 2.45) is 0 Å². The third-order valence-corrected chi connectivity index (χ3v) is 5.43. The maximum atomic E-state index is 12.9. The van der Waals surface area contributed by atoms with Crippen molar-refractivity contribution in [3.8, 4) is 5.82 Å². The van der Waals surface area contributed by atoms with Gasteiger partial charge in [-0.2, -0.15) is 18.3 Å². The van der Waals surface area contributed by atoms with Crippen molar-refractivity contribution in [3.05, 3.63) is 65.0 Å². The standard InChI is InChI=1S/C22H23F3N6O/c1-15-12-16(2)31(28-15)20-7-6-19(26-27-20)29-8-10-30(11-9-29)21(32)14-17-4-3-5-18(13-17)22(23,24)25/h3-7,12-13H,8-11,14H2,1-2H3. The lowest BCUT2D eigenvalue weighted by Gasteiger charge is -2.35. The summed E-state index contributed by atoms with van der Waals surface area (Å²) in [5.41, 5.74) is 1.49. The Kier molecular flexibility index (Phi) is 5.86. The summed E-state index contributed by atoms with van der Waals surface area (Å²) in [6.07, 6.45) is -4.47. The normalized spacial score (nSPS) is 14.7. The molecule has 7 nitrogen and oxygen atoms in total. The topological polar surface area (TPSA) is 67.2 Å². The third kappa shape index (κ3) is 4.74. The van der Waals surface area contributed by atoms with Gasteiger partial charge in [0.05, 0.1) is 17.7 Å². The molecule has 3 heterocycles. The molecule has 0 N–H and O–H groups in total. The molecule has 2 aromatic heterocycles. The molecular formula is C22H23F3N6O. The van der Waals surface area contributed by atoms with Crippen LogP contribution in [0.25, 0.3) is 5.82 Å². The predicted molar refractivity (Wildman–Crippen MR) is 113 cm³/mol. The summed E-state index contributed by atoms with van der Waals surface area (Å²) in [4.78, 5) is 16.3. The number of benzene rings is 1. The lowest BCUT2D eigenvalue weighted by Crippen LogP contribution is -2.49. The average Bonchev–Trinajstić information content (AvgIpc) is 3.11. The Labute approximate surface area is 183 Å². The molecule has 1 aromatic carbocycles. The van der Waals surface area contributed by atoms with Gasteiger partial charge in [0, 0.05) is 31.9 Å². The Morgan fingerprint density at radius 1 is 0.969 bits per heavy atom. The van der Waals surface area contributed by atoms with Gasteiger partial charge < -0.3 is 9.80 Å². The van der Waals surface area contributed by atoms with Gasteiger partial charge in [0.1, 0.15) is 0 Å². The molecule has 0 spiro atoms. The highest BCUT2D eigenvalue weighted by molar-refractivity contribution is 5.79. The Morgan fingerprint density at radius 2 is 1.66 bits per heavy atom. The summed E-state index contributed by atoms with van der Waals surface area (Å²) in [6, 6.07) is 10.6. The van der Waals surface area contributed by atoms with Crippen molar-refractivity contribution in [3.63, 3.8) is 0 Å². The number of aryl methyl sites for hydroxylation is 2. The smallest absolute Gasteiger partial charge is 0.352 e. The van der Waals surface area contributed by atoms with E-state index in [4.69, 9.17) is 0 Å². The first-order valence-corrected chi connectivity index (χ1v) is 10.3. The maximum Gasteiger partial charge on any atom is 0.416 e. The van der Waals surface area contributed by atoms with Gasteiger partial charge in [0.25, 0.3) is 0 Å². The van der Waals surface area contributed by atoms with E-state index >= 15 is 0 Å². The number of halogens is 3. The summed E-state index contributed by atoms with van der Waals surface area (Å²) < 4.78 is 40.4. The van der Waals surface area contributed by atoms with E-state index in [1.807, 2.05) is 36.9 Å². The minimum absolute atomic E-state index is 0.0545. The van der Waals surface area contributed by atoms with Crippen LogP contribution in [0.4, 0.5) is 19.0 Å². The van der Waals surface area contributed by atoms with Crippen molar-refractivity contribution in [1.82, 2.24) is 24.9 Å². The number of hydrogen-bond acceptors (Lipinski definition) is 5. The van der Waals surface area contributed by atoms with Crippen molar-refractivity contribution < 1.29 is 18.0 Å². The lowest BCUT2D eigenvalue weighted by atomic mass is 10.1. The number of amides is 1. The second kappa shape index (κ2) is 8.60. The minimum atomic E-state index is -4.42. The molecule has 0 radical (unpaired) electrons. The van der Waals surface area contributed by atoms with E-state index in [0.29, 0.717) is 43.4 Å². The van der Waals surface area contributed by atoms with Gasteiger partial charge in [0.15, 0.2) is 11.6 Å². The SMILES string of the molecule is Cc1cc(C)n(-c2ccc(N3CCN(C(=O)Cc4cccc(C(F)(F)F)c4)CC3)nn2)n1. The van der Waals surface area contributed by atoms with Gasteiger partial charge in [-0.3, -0.25) is 4.79 Å². The van der Waals surface area contributed by atoms with E-state index in [2.05, 4.69) is 15.3 Å². The highest BCUT2D eigenvalue weighted by Crippen LogP contribution is 2.29. The van der Waals surface area contributed by atoms with Gasteiger partial charge in [0.2, 0.25) is 5.91 Å². The van der Waals surface area contributed by atoms with E-state index < -0.39 is 11.7 Å². The third-order valence-electron chi connectivity index (χ3n) is 5.43. The fourth-order valence-electron chi connectivity index (χ4n) is 3.79. The van der Waals surface area contributed by atoms with Crippen LogP contribution in [0.15, 0.2) is 42.5 Å². The van der Waals surface area contributed by atoms with Crippen LogP contribution < -0.4 is 4.90 Å². The number of hydrogen-bond donors (Lipinski definition) is 0. The molecule has 0 unspecified atom stereocenters. The van der Waals surface area contributed by atoms with Gasteiger partial charge in [-0.15, -0.1) is 10.2 Å². The zero-order valence-electron chi connectivity index (χ0n) is 17.8. The minimum Gasteiger partial charge on any atom is -0.352 e. The van der Waals surface area contributed by atoms with E-state index in [1.54, 1.807) is 15.6 Å². The number of nitrogens with zero attached hydrogens (tertiary/aromatic N) is 6. The zero-order valence-corrected chi connectivity index (χ0v) is 17.8. The summed E-state index contributed by atoms with van der Waals surface area (Å²) >= 11 is 0. The Hall–Kier alpha value is -3.43. The molecule has 0 saturated carbocycles. The molecular weight excluding hydrogens is 421 g/mol. The Bertz CT molecular complexity index is 1100. The number of rotatable bonds is 4. The quantitative estimate of drug-likeness (QED) is 0.618. The maximum absolute atomic E-state index is 12.9. The number of piperazine rings is 1. The average molecular weight is 444 g/mol. The first-order valence-electron chi connectivity index (χ1n) is 10.3. The largest absolute Gasteiger partial charge is 0.416 e. The van der Waals surface area contributed by atoms with Gasteiger partial charge in [-0.05, 0) is 43.7 Å². The fraction of sp³-hybridized carbons (Fsp3) is 0.364. The van der Waals surface area contributed by atoms with E-state index in [1.165, 1.54) is 6.07 Å². The molecule has 1 aliphatic heterocycles. The molecule has 0 aliphatic carbocycles. The molecule has 10 heteroatoms. The van der Waals surface area contributed by atoms with Crippen molar-refractivity contribution in [2.75, 3.05) is 31.1 Å². The molecule has 0 atom stereocenters. The molecule has 1 fully saturated rings. The van der Waals surface area contributed by atoms with Crippen LogP contribution >= 0.6 is 0 Å². The summed E-state index contributed by atoms with van der Waals surface area (Å²) in [6.45, 7) is 5.95. The van der Waals surface area contributed by atoms with Gasteiger partial charge in [-0.25, -0.2) is 4.68 Å². The van der Waals surface area contributed by atoms with Crippen LogP contribution in [-0.4, -0.2) is 57.0 Å². The van der Waals surface area contributed by atoms with Crippen molar-refractivity contribution in [2.45, 2.75) is 26.4 Å². The number of aromatic nitrogens is 4. The van der Waals surface area contributed by atoms with Gasteiger partial charge >= 0.3 is 6.18 Å². The van der Waals surface area contributed by atoms with Crippen LogP contribution in [0, 0.1) is 13.8 Å². The second-order valence-electron chi connectivity index (χ2n) is 7.83. The predicted octanol–water partition coefficient (Wildman–Crippen LogP) is 3.19. The van der Waals surface area contributed by atoms with E-state index in [-0.39, 0.29) is 12.3 Å². The van der Waals surface area contributed by atoms with Crippen LogP contribution in [-0.2, 0) is 17.4 Å². The summed E-state index contributed by atoms with van der Waals surface area (Å²) in [7, 11) is 0. The molecule has 1 amide bonds. The number of anilines is 1. The van der Waals surface area contributed by atoms with Crippen LogP contribution in [0.1, 0.15) is 22.5 Å². The highest BCUT2D eigenvalue weighted by Gasteiger charge is 2.30. The molecule has 3 aromatic rings. The number of carbonyl (C=O) groups is 1. The van der Waals surface area contributed by atoms with Crippen LogP contribution in [0.5, 0.6) is 0 Å². The van der Waals surface area contributed by atoms with E-state index in [0.717, 1.165) is 23.5 Å². The first-order chi connectivity index (χ1) is 15.2. The monoisotopic (exact) mass is 444 g/mol. The molecule has 1 saturated heterocycles.